The lowest BCUT2D eigenvalue weighted by Gasteiger charge is -2.40. The van der Waals surface area contributed by atoms with E-state index < -0.39 is 54.8 Å². The largest absolute Gasteiger partial charge is 0.480 e. The molecule has 2 N–H and O–H groups in total. The van der Waals surface area contributed by atoms with E-state index in [4.69, 9.17) is 4.74 Å². The number of aliphatic carboxylic acids is 1. The van der Waals surface area contributed by atoms with Crippen LogP contribution in [-0.4, -0.2) is 42.2 Å². The zero-order valence-electron chi connectivity index (χ0n) is 17.4. The molecule has 0 radical (unpaired) electrons. The summed E-state index contributed by atoms with van der Waals surface area (Å²) in [7, 11) is 0. The molecule has 1 aliphatic rings. The number of carbonyl (C=O) groups is 2. The van der Waals surface area contributed by atoms with Crippen LogP contribution in [-0.2, 0) is 9.53 Å². The Morgan fingerprint density at radius 3 is 1.85 bits per heavy atom. The van der Waals surface area contributed by atoms with Crippen molar-refractivity contribution in [2.45, 2.75) is 30.7 Å². The van der Waals surface area contributed by atoms with E-state index in [1.807, 2.05) is 12.1 Å². The van der Waals surface area contributed by atoms with Crippen molar-refractivity contribution >= 4 is 12.1 Å². The van der Waals surface area contributed by atoms with Crippen molar-refractivity contribution in [2.24, 2.45) is 5.41 Å². The first-order valence-electron chi connectivity index (χ1n) is 9.93. The molecule has 5 nitrogen and oxygen atoms in total. The van der Waals surface area contributed by atoms with E-state index in [9.17, 15) is 41.0 Å². The molecule has 11 heteroatoms. The maximum Gasteiger partial charge on any atom is 0.407 e. The third kappa shape index (κ3) is 4.22. The zero-order valence-corrected chi connectivity index (χ0v) is 17.4. The highest BCUT2D eigenvalue weighted by Gasteiger charge is 2.75. The van der Waals surface area contributed by atoms with Gasteiger partial charge in [-0.15, -0.1) is 6.58 Å². The van der Waals surface area contributed by atoms with Crippen LogP contribution in [0.15, 0.2) is 61.2 Å². The lowest BCUT2D eigenvalue weighted by atomic mass is 9.75. The minimum absolute atomic E-state index is 0.302. The summed E-state index contributed by atoms with van der Waals surface area (Å²) in [5, 5.41) is 10.5. The number of halogens is 6. The van der Waals surface area contributed by atoms with Crippen molar-refractivity contribution in [3.8, 4) is 11.1 Å². The standard InChI is InChI=1S/C23H19F6NO4/c1-2-11-21(22(24,25)26,23(27,28)29)18(19(31)32)30-20(33)34-12-17-15-9-5-3-7-13(15)14-8-4-6-10-16(14)17/h2-10,17-18H,1,11-12H2,(H,30,33)(H,31,32)/t18-/m1/s1. The number of benzene rings is 2. The van der Waals surface area contributed by atoms with Gasteiger partial charge in [-0.2, -0.15) is 26.3 Å². The number of carbonyl (C=O) groups excluding carboxylic acids is 1. The number of hydrogen-bond acceptors (Lipinski definition) is 3. The van der Waals surface area contributed by atoms with Gasteiger partial charge < -0.3 is 15.2 Å². The molecule has 0 bridgehead atoms. The van der Waals surface area contributed by atoms with Gasteiger partial charge in [-0.05, 0) is 28.7 Å². The van der Waals surface area contributed by atoms with Crippen LogP contribution in [0.3, 0.4) is 0 Å². The second-order valence-electron chi connectivity index (χ2n) is 7.70. The van der Waals surface area contributed by atoms with Crippen LogP contribution < -0.4 is 5.32 Å². The Morgan fingerprint density at radius 2 is 1.44 bits per heavy atom. The van der Waals surface area contributed by atoms with Gasteiger partial charge in [-0.3, -0.25) is 0 Å². The SMILES string of the molecule is C=CCC([C@H](NC(=O)OCC1c2ccccc2-c2ccccc21)C(=O)O)(C(F)(F)F)C(F)(F)F. The molecule has 0 spiro atoms. The Balaban J connectivity index is 1.86. The molecular formula is C23H19F6NO4. The van der Waals surface area contributed by atoms with Crippen molar-refractivity contribution in [2.75, 3.05) is 6.61 Å². The van der Waals surface area contributed by atoms with Crippen LogP contribution in [0.5, 0.6) is 0 Å². The summed E-state index contributed by atoms with van der Waals surface area (Å²) >= 11 is 0. The number of carboxylic acids is 1. The van der Waals surface area contributed by atoms with Gasteiger partial charge in [-0.25, -0.2) is 9.59 Å². The Labute approximate surface area is 190 Å². The average molecular weight is 487 g/mol. The van der Waals surface area contributed by atoms with Crippen LogP contribution in [0.2, 0.25) is 0 Å². The molecule has 2 aromatic rings. The number of fused-ring (bicyclic) bond motifs is 3. The molecule has 0 aromatic heterocycles. The molecule has 182 valence electrons. The predicted molar refractivity (Wildman–Crippen MR) is 109 cm³/mol. The van der Waals surface area contributed by atoms with Gasteiger partial charge in [0.2, 0.25) is 0 Å². The number of alkyl halides is 6. The fourth-order valence-electron chi connectivity index (χ4n) is 4.22. The van der Waals surface area contributed by atoms with Crippen LogP contribution in [0.4, 0.5) is 31.1 Å². The van der Waals surface area contributed by atoms with E-state index in [-0.39, 0.29) is 0 Å². The van der Waals surface area contributed by atoms with Crippen molar-refractivity contribution in [3.63, 3.8) is 0 Å². The number of ether oxygens (including phenoxy) is 1. The Morgan fingerprint density at radius 1 is 0.971 bits per heavy atom. The molecule has 1 atom stereocenters. The Hall–Kier alpha value is -3.50. The van der Waals surface area contributed by atoms with E-state index in [0.29, 0.717) is 6.08 Å². The van der Waals surface area contributed by atoms with E-state index in [2.05, 4.69) is 6.58 Å². The molecule has 1 aliphatic carbocycles. The minimum atomic E-state index is -6.07. The summed E-state index contributed by atoms with van der Waals surface area (Å²) in [6.45, 7) is 2.46. The summed E-state index contributed by atoms with van der Waals surface area (Å²) in [6.07, 6.45) is -15.4. The number of rotatable bonds is 7. The monoisotopic (exact) mass is 487 g/mol. The number of amides is 1. The van der Waals surface area contributed by atoms with Gasteiger partial charge in [0.1, 0.15) is 6.61 Å². The smallest absolute Gasteiger partial charge is 0.407 e. The summed E-state index contributed by atoms with van der Waals surface area (Å²) < 4.78 is 86.9. The summed E-state index contributed by atoms with van der Waals surface area (Å²) in [6, 6.07) is 10.8. The quantitative estimate of drug-likeness (QED) is 0.390. The van der Waals surface area contributed by atoms with Crippen LogP contribution >= 0.6 is 0 Å². The number of hydrogen-bond donors (Lipinski definition) is 2. The number of carboxylic acid groups (broad SMARTS) is 1. The Kier molecular flexibility index (Phi) is 6.68. The fourth-order valence-corrected chi connectivity index (χ4v) is 4.22. The summed E-state index contributed by atoms with van der Waals surface area (Å²) in [5.74, 6) is -3.06. The van der Waals surface area contributed by atoms with Crippen LogP contribution in [0.25, 0.3) is 11.1 Å². The topological polar surface area (TPSA) is 75.6 Å². The molecular weight excluding hydrogens is 468 g/mol. The molecule has 0 aliphatic heterocycles. The molecule has 0 unspecified atom stereocenters. The van der Waals surface area contributed by atoms with Crippen molar-refractivity contribution in [1.82, 2.24) is 5.32 Å². The van der Waals surface area contributed by atoms with Crippen molar-refractivity contribution in [1.29, 1.82) is 0 Å². The molecule has 1 amide bonds. The van der Waals surface area contributed by atoms with Gasteiger partial charge in [0.05, 0.1) is 0 Å². The van der Waals surface area contributed by atoms with Gasteiger partial charge >= 0.3 is 24.4 Å². The third-order valence-corrected chi connectivity index (χ3v) is 5.82. The van der Waals surface area contributed by atoms with Crippen molar-refractivity contribution < 1.29 is 45.8 Å². The average Bonchev–Trinajstić information content (AvgIpc) is 3.06. The maximum absolute atomic E-state index is 13.7. The van der Waals surface area contributed by atoms with E-state index >= 15 is 0 Å². The lowest BCUT2D eigenvalue weighted by Crippen LogP contribution is -2.65. The molecule has 0 saturated heterocycles. The predicted octanol–water partition coefficient (Wildman–Crippen LogP) is 5.67. The molecule has 0 fully saturated rings. The normalized spacial score (nSPS) is 14.6. The van der Waals surface area contributed by atoms with Gasteiger partial charge in [-0.1, -0.05) is 54.6 Å². The van der Waals surface area contributed by atoms with Crippen LogP contribution in [0.1, 0.15) is 23.5 Å². The minimum Gasteiger partial charge on any atom is -0.480 e. The van der Waals surface area contributed by atoms with Crippen LogP contribution in [0, 0.1) is 5.41 Å². The van der Waals surface area contributed by atoms with Gasteiger partial charge in [0.25, 0.3) is 0 Å². The number of alkyl carbamates (subject to hydrolysis) is 1. The highest BCUT2D eigenvalue weighted by atomic mass is 19.4. The van der Waals surface area contributed by atoms with E-state index in [1.165, 1.54) is 5.32 Å². The lowest BCUT2D eigenvalue weighted by molar-refractivity contribution is -0.346. The number of allylic oxidation sites excluding steroid dienone is 1. The second kappa shape index (κ2) is 9.03. The zero-order chi connectivity index (χ0) is 25.3. The van der Waals surface area contributed by atoms with Crippen molar-refractivity contribution in [3.05, 3.63) is 72.3 Å². The van der Waals surface area contributed by atoms with E-state index in [1.54, 1.807) is 36.4 Å². The molecule has 3 rings (SSSR count). The molecule has 0 saturated carbocycles. The van der Waals surface area contributed by atoms with Gasteiger partial charge in [0, 0.05) is 5.92 Å². The number of nitrogens with one attached hydrogen (secondary N) is 1. The second-order valence-corrected chi connectivity index (χ2v) is 7.70. The highest BCUT2D eigenvalue weighted by Crippen LogP contribution is 2.55. The maximum atomic E-state index is 13.7. The summed E-state index contributed by atoms with van der Waals surface area (Å²) in [4.78, 5) is 23.8. The molecule has 2 aromatic carbocycles. The third-order valence-electron chi connectivity index (χ3n) is 5.82. The first-order valence-corrected chi connectivity index (χ1v) is 9.93. The first-order chi connectivity index (χ1) is 15.8. The molecule has 0 heterocycles. The fraction of sp³-hybridized carbons (Fsp3) is 0.304. The highest BCUT2D eigenvalue weighted by molar-refractivity contribution is 5.82. The van der Waals surface area contributed by atoms with E-state index in [0.717, 1.165) is 22.3 Å². The first kappa shape index (κ1) is 25.1. The van der Waals surface area contributed by atoms with Gasteiger partial charge in [0.15, 0.2) is 11.5 Å². The molecule has 34 heavy (non-hydrogen) atoms. The summed E-state index contributed by atoms with van der Waals surface area (Å²) in [5.41, 5.74) is -1.63. The Bertz CT molecular complexity index is 1040.